The minimum absolute atomic E-state index is 0.306. The molecule has 0 fully saturated rings. The molecule has 0 aliphatic carbocycles. The van der Waals surface area contributed by atoms with Crippen molar-refractivity contribution in [3.05, 3.63) is 63.5 Å². The molecule has 0 spiro atoms. The number of halogens is 1. The number of benzene rings is 1. The van der Waals surface area contributed by atoms with Crippen molar-refractivity contribution in [1.82, 2.24) is 14.9 Å². The van der Waals surface area contributed by atoms with Gasteiger partial charge >= 0.3 is 0 Å². The van der Waals surface area contributed by atoms with E-state index in [-0.39, 0.29) is 0 Å². The molecular weight excluding hydrogens is 336 g/mol. The van der Waals surface area contributed by atoms with E-state index in [1.54, 1.807) is 12.3 Å². The van der Waals surface area contributed by atoms with Crippen LogP contribution in [0, 0.1) is 11.7 Å². The first-order chi connectivity index (χ1) is 11.1. The van der Waals surface area contributed by atoms with Gasteiger partial charge in [-0.15, -0.1) is 0 Å². The van der Waals surface area contributed by atoms with Crippen LogP contribution >= 0.6 is 23.8 Å². The summed E-state index contributed by atoms with van der Waals surface area (Å²) in [5.74, 6) is 2.00. The van der Waals surface area contributed by atoms with E-state index in [2.05, 4.69) is 15.3 Å². The SMILES string of the molecule is Cc1c(Cl)cccc1OCc1ccc(C=Nn2cn[nH]c2=S)o1. The maximum atomic E-state index is 6.06. The predicted octanol–water partition coefficient (Wildman–Crippen LogP) is 3.96. The second kappa shape index (κ2) is 6.80. The monoisotopic (exact) mass is 348 g/mol. The van der Waals surface area contributed by atoms with Crippen LogP contribution in [-0.2, 0) is 6.61 Å². The smallest absolute Gasteiger partial charge is 0.216 e. The molecule has 8 heteroatoms. The standard InChI is InChI=1S/C15H13ClN4O2S/c1-10-13(16)3-2-4-14(10)21-8-12-6-5-11(22-12)7-18-20-9-17-19-15(20)23/h2-7,9H,8H2,1H3,(H,19,23). The predicted molar refractivity (Wildman–Crippen MR) is 89.6 cm³/mol. The Bertz CT molecular complexity index is 897. The zero-order valence-electron chi connectivity index (χ0n) is 12.2. The number of nitrogens with zero attached hydrogens (tertiary/aromatic N) is 3. The molecule has 2 heterocycles. The van der Waals surface area contributed by atoms with Gasteiger partial charge in [0.1, 0.15) is 30.2 Å². The Morgan fingerprint density at radius 2 is 2.30 bits per heavy atom. The zero-order valence-corrected chi connectivity index (χ0v) is 13.8. The molecule has 118 valence electrons. The summed E-state index contributed by atoms with van der Waals surface area (Å²) < 4.78 is 13.2. The maximum Gasteiger partial charge on any atom is 0.216 e. The van der Waals surface area contributed by atoms with Gasteiger partial charge in [0.2, 0.25) is 4.77 Å². The average molecular weight is 349 g/mol. The van der Waals surface area contributed by atoms with E-state index in [4.69, 9.17) is 33.0 Å². The first-order valence-electron chi connectivity index (χ1n) is 6.76. The number of rotatable bonds is 5. The maximum absolute atomic E-state index is 6.06. The van der Waals surface area contributed by atoms with Crippen LogP contribution in [0.15, 0.2) is 46.2 Å². The van der Waals surface area contributed by atoms with Gasteiger partial charge in [0.15, 0.2) is 0 Å². The lowest BCUT2D eigenvalue weighted by atomic mass is 10.2. The highest BCUT2D eigenvalue weighted by Crippen LogP contribution is 2.25. The van der Waals surface area contributed by atoms with Crippen molar-refractivity contribution in [3.63, 3.8) is 0 Å². The Hall–Kier alpha value is -2.38. The molecule has 6 nitrogen and oxygen atoms in total. The van der Waals surface area contributed by atoms with Crippen LogP contribution in [0.2, 0.25) is 5.02 Å². The largest absolute Gasteiger partial charge is 0.485 e. The first-order valence-corrected chi connectivity index (χ1v) is 7.55. The molecule has 3 aromatic rings. The van der Waals surface area contributed by atoms with Crippen molar-refractivity contribution >= 4 is 30.0 Å². The van der Waals surface area contributed by atoms with Crippen molar-refractivity contribution in [3.8, 4) is 5.75 Å². The lowest BCUT2D eigenvalue weighted by Crippen LogP contribution is -1.96. The second-order valence-electron chi connectivity index (χ2n) is 4.71. The van der Waals surface area contributed by atoms with Gasteiger partial charge in [0.05, 0.1) is 6.21 Å². The molecule has 0 saturated carbocycles. The second-order valence-corrected chi connectivity index (χ2v) is 5.50. The number of nitrogens with one attached hydrogen (secondary N) is 1. The normalized spacial score (nSPS) is 11.2. The minimum Gasteiger partial charge on any atom is -0.485 e. The fourth-order valence-electron chi connectivity index (χ4n) is 1.88. The summed E-state index contributed by atoms with van der Waals surface area (Å²) >= 11 is 11.1. The third-order valence-corrected chi connectivity index (χ3v) is 3.80. The molecule has 3 rings (SSSR count). The summed E-state index contributed by atoms with van der Waals surface area (Å²) in [4.78, 5) is 0. The highest BCUT2D eigenvalue weighted by atomic mass is 35.5. The average Bonchev–Trinajstić information content (AvgIpc) is 3.15. The molecule has 1 aromatic carbocycles. The number of hydrogen-bond acceptors (Lipinski definition) is 5. The quantitative estimate of drug-likeness (QED) is 0.559. The van der Waals surface area contributed by atoms with Crippen molar-refractivity contribution < 1.29 is 9.15 Å². The lowest BCUT2D eigenvalue weighted by Gasteiger charge is -2.08. The van der Waals surface area contributed by atoms with Gasteiger partial charge in [-0.2, -0.15) is 14.9 Å². The van der Waals surface area contributed by atoms with Crippen LogP contribution in [0.4, 0.5) is 0 Å². The highest BCUT2D eigenvalue weighted by Gasteiger charge is 2.06. The molecule has 0 aliphatic rings. The Kier molecular flexibility index (Phi) is 4.59. The molecule has 2 aromatic heterocycles. The summed E-state index contributed by atoms with van der Waals surface area (Å²) in [6, 6.07) is 9.17. The molecule has 23 heavy (non-hydrogen) atoms. The fraction of sp³-hybridized carbons (Fsp3) is 0.133. The van der Waals surface area contributed by atoms with Crippen molar-refractivity contribution in [2.24, 2.45) is 5.10 Å². The number of H-pyrrole nitrogens is 1. The summed E-state index contributed by atoms with van der Waals surface area (Å²) in [6.07, 6.45) is 3.03. The summed E-state index contributed by atoms with van der Waals surface area (Å²) in [5.41, 5.74) is 0.900. The topological polar surface area (TPSA) is 68.3 Å². The van der Waals surface area contributed by atoms with Crippen molar-refractivity contribution in [2.45, 2.75) is 13.5 Å². The van der Waals surface area contributed by atoms with E-state index in [1.807, 2.05) is 31.2 Å². The van der Waals surface area contributed by atoms with Gasteiger partial charge in [-0.1, -0.05) is 17.7 Å². The van der Waals surface area contributed by atoms with Gasteiger partial charge in [-0.3, -0.25) is 5.10 Å². The summed E-state index contributed by atoms with van der Waals surface area (Å²) in [6.45, 7) is 2.21. The Morgan fingerprint density at radius 3 is 3.09 bits per heavy atom. The van der Waals surface area contributed by atoms with Gasteiger partial charge in [-0.25, -0.2) is 0 Å². The Morgan fingerprint density at radius 1 is 1.43 bits per heavy atom. The molecule has 0 saturated heterocycles. The molecule has 0 atom stereocenters. The number of furan rings is 1. The fourth-order valence-corrected chi connectivity index (χ4v) is 2.19. The van der Waals surface area contributed by atoms with Crippen LogP contribution < -0.4 is 4.74 Å². The molecule has 0 aliphatic heterocycles. The van der Waals surface area contributed by atoms with E-state index >= 15 is 0 Å². The third-order valence-electron chi connectivity index (χ3n) is 3.12. The van der Waals surface area contributed by atoms with Crippen LogP contribution in [0.1, 0.15) is 17.1 Å². The van der Waals surface area contributed by atoms with Gasteiger partial charge in [0, 0.05) is 10.6 Å². The number of ether oxygens (including phenoxy) is 1. The Labute approximate surface area is 142 Å². The van der Waals surface area contributed by atoms with E-state index in [1.165, 1.54) is 11.0 Å². The number of hydrogen-bond donors (Lipinski definition) is 1. The molecule has 0 amide bonds. The van der Waals surface area contributed by atoms with Crippen LogP contribution in [-0.4, -0.2) is 21.1 Å². The third kappa shape index (κ3) is 3.69. The Balaban J connectivity index is 1.66. The highest BCUT2D eigenvalue weighted by molar-refractivity contribution is 7.71. The van der Waals surface area contributed by atoms with Gasteiger partial charge in [-0.05, 0) is 43.4 Å². The van der Waals surface area contributed by atoms with Gasteiger partial charge in [0.25, 0.3) is 0 Å². The van der Waals surface area contributed by atoms with E-state index < -0.39 is 0 Å². The van der Waals surface area contributed by atoms with Crippen LogP contribution in [0.5, 0.6) is 5.75 Å². The zero-order chi connectivity index (χ0) is 16.2. The first kappa shape index (κ1) is 15.5. The lowest BCUT2D eigenvalue weighted by molar-refractivity contribution is 0.268. The van der Waals surface area contributed by atoms with Crippen LogP contribution in [0.3, 0.4) is 0 Å². The van der Waals surface area contributed by atoms with E-state index in [0.717, 1.165) is 11.3 Å². The molecule has 0 radical (unpaired) electrons. The number of aromatic amines is 1. The molecular formula is C15H13ClN4O2S. The van der Waals surface area contributed by atoms with E-state index in [9.17, 15) is 0 Å². The number of aromatic nitrogens is 3. The van der Waals surface area contributed by atoms with E-state index in [0.29, 0.717) is 27.9 Å². The minimum atomic E-state index is 0.306. The summed E-state index contributed by atoms with van der Waals surface area (Å²) in [7, 11) is 0. The summed E-state index contributed by atoms with van der Waals surface area (Å²) in [5, 5.41) is 11.2. The molecule has 1 N–H and O–H groups in total. The van der Waals surface area contributed by atoms with Crippen molar-refractivity contribution in [1.29, 1.82) is 0 Å². The van der Waals surface area contributed by atoms with Crippen molar-refractivity contribution in [2.75, 3.05) is 0 Å². The van der Waals surface area contributed by atoms with Gasteiger partial charge < -0.3 is 9.15 Å². The molecule has 0 unspecified atom stereocenters. The molecule has 0 bridgehead atoms. The van der Waals surface area contributed by atoms with Crippen LogP contribution in [0.25, 0.3) is 0 Å².